The van der Waals surface area contributed by atoms with E-state index in [1.165, 1.54) is 6.92 Å². The molecule has 0 spiro atoms. The molecule has 0 aromatic heterocycles. The molecule has 1 saturated carbocycles. The first-order chi connectivity index (χ1) is 7.53. The lowest BCUT2D eigenvalue weighted by atomic mass is 9.94. The molecule has 1 aliphatic heterocycles. The highest BCUT2D eigenvalue weighted by molar-refractivity contribution is 7.90. The smallest absolute Gasteiger partial charge is 0.250 e. The summed E-state index contributed by atoms with van der Waals surface area (Å²) in [6, 6.07) is -0.311. The second-order valence-corrected chi connectivity index (χ2v) is 6.62. The van der Waals surface area contributed by atoms with Crippen LogP contribution in [0.15, 0.2) is 0 Å². The second-order valence-electron chi connectivity index (χ2n) is 4.61. The molecule has 1 amide bonds. The third kappa shape index (κ3) is 2.22. The molecule has 2 rings (SSSR count). The summed E-state index contributed by atoms with van der Waals surface area (Å²) in [5.41, 5.74) is 0. The van der Waals surface area contributed by atoms with Crippen LogP contribution in [0.1, 0.15) is 26.2 Å². The normalized spacial score (nSPS) is 33.7. The number of carbonyl (C=O) groups excluding carboxylic acids is 1. The van der Waals surface area contributed by atoms with E-state index in [1.807, 2.05) is 0 Å². The van der Waals surface area contributed by atoms with Gasteiger partial charge in [-0.05, 0) is 38.1 Å². The molecule has 0 bridgehead atoms. The van der Waals surface area contributed by atoms with Crippen LogP contribution in [0, 0.1) is 11.8 Å². The van der Waals surface area contributed by atoms with Crippen LogP contribution in [-0.4, -0.2) is 32.7 Å². The third-order valence-electron chi connectivity index (χ3n) is 3.66. The van der Waals surface area contributed by atoms with E-state index in [4.69, 9.17) is 0 Å². The molecule has 6 heteroatoms. The number of hydrogen-bond donors (Lipinski definition) is 2. The largest absolute Gasteiger partial charge is 0.305 e. The van der Waals surface area contributed by atoms with Crippen LogP contribution in [0.5, 0.6) is 0 Å². The van der Waals surface area contributed by atoms with Gasteiger partial charge in [0, 0.05) is 0 Å². The molecule has 92 valence electrons. The first-order valence-corrected chi connectivity index (χ1v) is 7.46. The quantitative estimate of drug-likeness (QED) is 0.725. The van der Waals surface area contributed by atoms with E-state index in [0.29, 0.717) is 11.8 Å². The highest BCUT2D eigenvalue weighted by Crippen LogP contribution is 2.37. The number of sulfonamides is 1. The fraction of sp³-hybridized carbons (Fsp3) is 0.900. The van der Waals surface area contributed by atoms with Crippen molar-refractivity contribution in [1.82, 2.24) is 10.0 Å². The van der Waals surface area contributed by atoms with Crippen LogP contribution >= 0.6 is 0 Å². The maximum Gasteiger partial charge on any atom is 0.250 e. The summed E-state index contributed by atoms with van der Waals surface area (Å²) in [4.78, 5) is 11.8. The summed E-state index contributed by atoms with van der Waals surface area (Å²) in [6.45, 7) is 2.37. The minimum Gasteiger partial charge on any atom is -0.305 e. The molecule has 2 fully saturated rings. The molecule has 2 N–H and O–H groups in total. The lowest BCUT2D eigenvalue weighted by molar-refractivity contribution is -0.122. The molecular weight excluding hydrogens is 228 g/mol. The van der Waals surface area contributed by atoms with Crippen molar-refractivity contribution in [3.8, 4) is 0 Å². The summed E-state index contributed by atoms with van der Waals surface area (Å²) in [7, 11) is -3.42. The van der Waals surface area contributed by atoms with Gasteiger partial charge in [0.15, 0.2) is 0 Å². The van der Waals surface area contributed by atoms with E-state index in [2.05, 4.69) is 10.0 Å². The van der Waals surface area contributed by atoms with Gasteiger partial charge in [0.1, 0.15) is 0 Å². The molecule has 1 saturated heterocycles. The van der Waals surface area contributed by atoms with Gasteiger partial charge >= 0.3 is 0 Å². The van der Waals surface area contributed by atoms with Crippen LogP contribution in [0.25, 0.3) is 0 Å². The van der Waals surface area contributed by atoms with Gasteiger partial charge in [0.2, 0.25) is 10.0 Å². The lowest BCUT2D eigenvalue weighted by Crippen LogP contribution is -2.46. The zero-order valence-electron chi connectivity index (χ0n) is 9.40. The lowest BCUT2D eigenvalue weighted by Gasteiger charge is -2.17. The average Bonchev–Trinajstić information content (AvgIpc) is 2.77. The van der Waals surface area contributed by atoms with Crippen molar-refractivity contribution in [2.45, 2.75) is 32.2 Å². The molecule has 1 aliphatic carbocycles. The Hall–Kier alpha value is -0.620. The van der Waals surface area contributed by atoms with Crippen molar-refractivity contribution >= 4 is 15.9 Å². The highest BCUT2D eigenvalue weighted by atomic mass is 32.2. The van der Waals surface area contributed by atoms with E-state index < -0.39 is 10.0 Å². The average molecular weight is 246 g/mol. The van der Waals surface area contributed by atoms with Crippen molar-refractivity contribution < 1.29 is 13.2 Å². The first-order valence-electron chi connectivity index (χ1n) is 5.81. The Morgan fingerprint density at radius 1 is 1.44 bits per heavy atom. The van der Waals surface area contributed by atoms with E-state index >= 15 is 0 Å². The van der Waals surface area contributed by atoms with Crippen LogP contribution in [0.3, 0.4) is 0 Å². The maximum absolute atomic E-state index is 11.8. The molecule has 16 heavy (non-hydrogen) atoms. The van der Waals surface area contributed by atoms with Crippen LogP contribution in [0.4, 0.5) is 0 Å². The van der Waals surface area contributed by atoms with Crippen LogP contribution < -0.4 is 10.0 Å². The van der Waals surface area contributed by atoms with Gasteiger partial charge < -0.3 is 5.32 Å². The Balaban J connectivity index is 2.00. The summed E-state index contributed by atoms with van der Waals surface area (Å²) in [5, 5.41) is 3.13. The zero-order valence-corrected chi connectivity index (χ0v) is 10.2. The van der Waals surface area contributed by atoms with Crippen molar-refractivity contribution in [3.05, 3.63) is 0 Å². The summed E-state index contributed by atoms with van der Waals surface area (Å²) in [6.07, 6.45) is 3.34. The van der Waals surface area contributed by atoms with Gasteiger partial charge in [-0.1, -0.05) is 6.42 Å². The van der Waals surface area contributed by atoms with Crippen molar-refractivity contribution in [2.24, 2.45) is 11.8 Å². The molecule has 1 heterocycles. The fourth-order valence-corrected chi connectivity index (χ4v) is 3.34. The van der Waals surface area contributed by atoms with E-state index in [9.17, 15) is 13.2 Å². The first kappa shape index (κ1) is 11.9. The van der Waals surface area contributed by atoms with Gasteiger partial charge in [-0.3, -0.25) is 9.52 Å². The van der Waals surface area contributed by atoms with Crippen molar-refractivity contribution in [1.29, 1.82) is 0 Å². The van der Waals surface area contributed by atoms with Gasteiger partial charge in [0.25, 0.3) is 5.91 Å². The van der Waals surface area contributed by atoms with Gasteiger partial charge in [0.05, 0.1) is 11.8 Å². The Morgan fingerprint density at radius 3 is 2.88 bits per heavy atom. The summed E-state index contributed by atoms with van der Waals surface area (Å²) < 4.78 is 24.7. The van der Waals surface area contributed by atoms with Crippen LogP contribution in [-0.2, 0) is 14.8 Å². The molecule has 3 unspecified atom stereocenters. The maximum atomic E-state index is 11.8. The third-order valence-corrected chi connectivity index (χ3v) is 4.94. The number of carbonyl (C=O) groups is 1. The zero-order chi connectivity index (χ0) is 11.8. The molecule has 0 aromatic rings. The molecular formula is C10H18N2O3S. The van der Waals surface area contributed by atoms with Gasteiger partial charge in [-0.15, -0.1) is 0 Å². The minimum absolute atomic E-state index is 0.0560. The molecule has 5 nitrogen and oxygen atoms in total. The van der Waals surface area contributed by atoms with Gasteiger partial charge in [-0.25, -0.2) is 8.42 Å². The number of fused-ring (bicyclic) bond motifs is 1. The molecule has 3 atom stereocenters. The SMILES string of the molecule is CCS(=O)(=O)NC(=O)C1NCC2CCCC21. The fourth-order valence-electron chi connectivity index (χ4n) is 2.76. The number of nitrogens with one attached hydrogen (secondary N) is 2. The highest BCUT2D eigenvalue weighted by Gasteiger charge is 2.42. The van der Waals surface area contributed by atoms with E-state index in [1.54, 1.807) is 0 Å². The second kappa shape index (κ2) is 4.33. The minimum atomic E-state index is -3.42. The molecule has 0 radical (unpaired) electrons. The Kier molecular flexibility index (Phi) is 3.21. The number of hydrogen-bond acceptors (Lipinski definition) is 4. The topological polar surface area (TPSA) is 75.3 Å². The Bertz CT molecular complexity index is 380. The molecule has 2 aliphatic rings. The predicted molar refractivity (Wildman–Crippen MR) is 60.2 cm³/mol. The van der Waals surface area contributed by atoms with Crippen molar-refractivity contribution in [3.63, 3.8) is 0 Å². The Labute approximate surface area is 96.0 Å². The van der Waals surface area contributed by atoms with Crippen molar-refractivity contribution in [2.75, 3.05) is 12.3 Å². The Morgan fingerprint density at radius 2 is 2.19 bits per heavy atom. The summed E-state index contributed by atoms with van der Waals surface area (Å²) in [5.74, 6) is 0.447. The van der Waals surface area contributed by atoms with Gasteiger partial charge in [-0.2, -0.15) is 0 Å². The standard InChI is InChI=1S/C10H18N2O3S/c1-2-16(14,15)12-10(13)9-8-5-3-4-7(8)6-11-9/h7-9,11H,2-6H2,1H3,(H,12,13). The number of amides is 1. The number of rotatable bonds is 3. The molecule has 0 aromatic carbocycles. The summed E-state index contributed by atoms with van der Waals surface area (Å²) >= 11 is 0. The predicted octanol–water partition coefficient (Wildman–Crippen LogP) is -0.160. The monoisotopic (exact) mass is 246 g/mol. The van der Waals surface area contributed by atoms with E-state index in [-0.39, 0.29) is 17.7 Å². The van der Waals surface area contributed by atoms with E-state index in [0.717, 1.165) is 25.8 Å². The van der Waals surface area contributed by atoms with Crippen LogP contribution in [0.2, 0.25) is 0 Å².